The molecule has 2 aromatic carbocycles. The van der Waals surface area contributed by atoms with Crippen molar-refractivity contribution in [2.24, 2.45) is 0 Å². The van der Waals surface area contributed by atoms with Gasteiger partial charge >= 0.3 is 0 Å². The molecule has 0 radical (unpaired) electrons. The molecule has 0 heterocycles. The zero-order valence-electron chi connectivity index (χ0n) is 10.2. The van der Waals surface area contributed by atoms with Crippen LogP contribution in [-0.4, -0.2) is 5.78 Å². The molecule has 0 aromatic heterocycles. The number of rotatable bonds is 3. The molecule has 19 heavy (non-hydrogen) atoms. The van der Waals surface area contributed by atoms with Crippen LogP contribution in [0.4, 0.5) is 5.69 Å². The Morgan fingerprint density at radius 1 is 1.11 bits per heavy atom. The summed E-state index contributed by atoms with van der Waals surface area (Å²) in [5.41, 5.74) is 8.16. The molecule has 0 fully saturated rings. The highest BCUT2D eigenvalue weighted by atomic mass is 16.1. The first-order chi connectivity index (χ1) is 9.20. The van der Waals surface area contributed by atoms with Crippen LogP contribution >= 0.6 is 0 Å². The molecule has 0 aliphatic rings. The summed E-state index contributed by atoms with van der Waals surface area (Å²) in [5, 5.41) is 8.69. The van der Waals surface area contributed by atoms with E-state index in [9.17, 15) is 4.79 Å². The summed E-state index contributed by atoms with van der Waals surface area (Å²) in [6.45, 7) is 0. The Balaban J connectivity index is 2.16. The number of nitrogens with two attached hydrogens (primary N) is 1. The lowest BCUT2D eigenvalue weighted by molar-refractivity contribution is 0.104. The first kappa shape index (κ1) is 12.6. The Morgan fingerprint density at radius 3 is 2.42 bits per heavy atom. The van der Waals surface area contributed by atoms with Gasteiger partial charge in [-0.1, -0.05) is 30.3 Å². The van der Waals surface area contributed by atoms with Crippen LogP contribution in [0.15, 0.2) is 54.6 Å². The second-order valence-corrected chi connectivity index (χ2v) is 4.02. The van der Waals surface area contributed by atoms with Crippen LogP contribution in [0.25, 0.3) is 6.08 Å². The molecule has 0 unspecified atom stereocenters. The lowest BCUT2D eigenvalue weighted by Gasteiger charge is -2.00. The summed E-state index contributed by atoms with van der Waals surface area (Å²) < 4.78 is 0. The highest BCUT2D eigenvalue weighted by Crippen LogP contribution is 2.13. The topological polar surface area (TPSA) is 66.9 Å². The van der Waals surface area contributed by atoms with Gasteiger partial charge in [-0.25, -0.2) is 0 Å². The fourth-order valence-electron chi connectivity index (χ4n) is 1.65. The molecular weight excluding hydrogens is 236 g/mol. The monoisotopic (exact) mass is 248 g/mol. The van der Waals surface area contributed by atoms with Gasteiger partial charge in [0, 0.05) is 11.3 Å². The van der Waals surface area contributed by atoms with E-state index in [0.717, 1.165) is 5.56 Å². The maximum Gasteiger partial charge on any atom is 0.187 e. The smallest absolute Gasteiger partial charge is 0.187 e. The number of para-hydroxylation sites is 1. The lowest BCUT2D eigenvalue weighted by atomic mass is 10.1. The Kier molecular flexibility index (Phi) is 3.75. The summed E-state index contributed by atoms with van der Waals surface area (Å²) in [6.07, 6.45) is 3.18. The molecule has 0 amide bonds. The molecule has 2 rings (SSSR count). The molecular formula is C16H12N2O. The molecule has 2 aromatic rings. The van der Waals surface area contributed by atoms with Gasteiger partial charge in [-0.05, 0) is 35.9 Å². The largest absolute Gasteiger partial charge is 0.398 e. The van der Waals surface area contributed by atoms with Crippen molar-refractivity contribution >= 4 is 17.5 Å². The molecule has 0 spiro atoms. The minimum absolute atomic E-state index is 0.137. The van der Waals surface area contributed by atoms with Crippen molar-refractivity contribution in [2.75, 3.05) is 5.73 Å². The highest BCUT2D eigenvalue weighted by Gasteiger charge is 2.04. The first-order valence-electron chi connectivity index (χ1n) is 5.78. The summed E-state index contributed by atoms with van der Waals surface area (Å²) in [5.74, 6) is -0.137. The summed E-state index contributed by atoms with van der Waals surface area (Å²) in [6, 6.07) is 16.0. The number of allylic oxidation sites excluding steroid dienone is 1. The van der Waals surface area contributed by atoms with Crippen molar-refractivity contribution in [1.82, 2.24) is 0 Å². The van der Waals surface area contributed by atoms with Crippen LogP contribution < -0.4 is 5.73 Å². The molecule has 92 valence electrons. The predicted molar refractivity (Wildman–Crippen MR) is 75.4 cm³/mol. The number of ketones is 1. The minimum Gasteiger partial charge on any atom is -0.398 e. The van der Waals surface area contributed by atoms with Crippen molar-refractivity contribution in [1.29, 1.82) is 5.26 Å². The maximum atomic E-state index is 11.9. The van der Waals surface area contributed by atoms with Crippen LogP contribution in [0.1, 0.15) is 21.5 Å². The maximum absolute atomic E-state index is 11.9. The van der Waals surface area contributed by atoms with Gasteiger partial charge in [0.1, 0.15) is 0 Å². The summed E-state index contributed by atoms with van der Waals surface area (Å²) >= 11 is 0. The fourth-order valence-corrected chi connectivity index (χ4v) is 1.65. The first-order valence-corrected chi connectivity index (χ1v) is 5.78. The van der Waals surface area contributed by atoms with Gasteiger partial charge in [0.2, 0.25) is 0 Å². The summed E-state index contributed by atoms with van der Waals surface area (Å²) in [7, 11) is 0. The SMILES string of the molecule is N#Cc1ccc(C=CC(=O)c2ccccc2N)cc1. The van der Waals surface area contributed by atoms with Crippen LogP contribution in [-0.2, 0) is 0 Å². The Labute approximate surface area is 111 Å². The zero-order chi connectivity index (χ0) is 13.7. The number of nitriles is 1. The van der Waals surface area contributed by atoms with Crippen molar-refractivity contribution in [3.63, 3.8) is 0 Å². The number of hydrogen-bond acceptors (Lipinski definition) is 3. The molecule has 0 bridgehead atoms. The van der Waals surface area contributed by atoms with Gasteiger partial charge in [-0.15, -0.1) is 0 Å². The van der Waals surface area contributed by atoms with E-state index < -0.39 is 0 Å². The van der Waals surface area contributed by atoms with E-state index in [2.05, 4.69) is 0 Å². The van der Waals surface area contributed by atoms with Crippen LogP contribution in [0.2, 0.25) is 0 Å². The highest BCUT2D eigenvalue weighted by molar-refractivity contribution is 6.10. The van der Waals surface area contributed by atoms with Crippen LogP contribution in [0.5, 0.6) is 0 Å². The van der Waals surface area contributed by atoms with Crippen molar-refractivity contribution in [3.8, 4) is 6.07 Å². The van der Waals surface area contributed by atoms with Crippen molar-refractivity contribution < 1.29 is 4.79 Å². The van der Waals surface area contributed by atoms with E-state index in [1.807, 2.05) is 6.07 Å². The quantitative estimate of drug-likeness (QED) is 0.515. The summed E-state index contributed by atoms with van der Waals surface area (Å²) in [4.78, 5) is 11.9. The molecule has 0 aliphatic heterocycles. The molecule has 3 heteroatoms. The van der Waals surface area contributed by atoms with E-state index in [1.165, 1.54) is 6.08 Å². The third-order valence-electron chi connectivity index (χ3n) is 2.69. The average molecular weight is 248 g/mol. The van der Waals surface area contributed by atoms with Gasteiger partial charge in [-0.2, -0.15) is 5.26 Å². The van der Waals surface area contributed by atoms with E-state index in [4.69, 9.17) is 11.0 Å². The minimum atomic E-state index is -0.137. The number of benzene rings is 2. The Hall–Kier alpha value is -2.86. The van der Waals surface area contributed by atoms with E-state index >= 15 is 0 Å². The number of carbonyl (C=O) groups excluding carboxylic acids is 1. The molecule has 3 nitrogen and oxygen atoms in total. The Morgan fingerprint density at radius 2 is 1.79 bits per heavy atom. The molecule has 0 saturated carbocycles. The van der Waals surface area contributed by atoms with Gasteiger partial charge in [0.25, 0.3) is 0 Å². The standard InChI is InChI=1S/C16H12N2O/c17-11-13-7-5-12(6-8-13)9-10-16(19)14-3-1-2-4-15(14)18/h1-10H,18H2. The molecule has 2 N–H and O–H groups in total. The van der Waals surface area contributed by atoms with Crippen LogP contribution in [0, 0.1) is 11.3 Å². The Bertz CT molecular complexity index is 664. The second-order valence-electron chi connectivity index (χ2n) is 4.02. The van der Waals surface area contributed by atoms with Gasteiger partial charge in [-0.3, -0.25) is 4.79 Å². The number of hydrogen-bond donors (Lipinski definition) is 1. The van der Waals surface area contributed by atoms with E-state index in [0.29, 0.717) is 16.8 Å². The van der Waals surface area contributed by atoms with E-state index in [1.54, 1.807) is 54.6 Å². The van der Waals surface area contributed by atoms with Crippen LogP contribution in [0.3, 0.4) is 0 Å². The fraction of sp³-hybridized carbons (Fsp3) is 0. The van der Waals surface area contributed by atoms with E-state index in [-0.39, 0.29) is 5.78 Å². The third kappa shape index (κ3) is 3.08. The normalized spacial score (nSPS) is 10.3. The molecule has 0 saturated heterocycles. The molecule has 0 aliphatic carbocycles. The average Bonchev–Trinajstić information content (AvgIpc) is 2.46. The zero-order valence-corrected chi connectivity index (χ0v) is 10.2. The third-order valence-corrected chi connectivity index (χ3v) is 2.69. The van der Waals surface area contributed by atoms with Crippen molar-refractivity contribution in [2.45, 2.75) is 0 Å². The number of nitrogens with zero attached hydrogens (tertiary/aromatic N) is 1. The number of nitrogen functional groups attached to an aromatic ring is 1. The van der Waals surface area contributed by atoms with Crippen molar-refractivity contribution in [3.05, 3.63) is 71.3 Å². The lowest BCUT2D eigenvalue weighted by Crippen LogP contribution is -1.99. The number of carbonyl (C=O) groups is 1. The van der Waals surface area contributed by atoms with Gasteiger partial charge in [0.15, 0.2) is 5.78 Å². The molecule has 0 atom stereocenters. The van der Waals surface area contributed by atoms with Gasteiger partial charge < -0.3 is 5.73 Å². The number of anilines is 1. The van der Waals surface area contributed by atoms with Gasteiger partial charge in [0.05, 0.1) is 11.6 Å². The second kappa shape index (κ2) is 5.65. The predicted octanol–water partition coefficient (Wildman–Crippen LogP) is 3.04.